The van der Waals surface area contributed by atoms with Crippen molar-refractivity contribution in [2.75, 3.05) is 24.8 Å². The minimum absolute atomic E-state index is 0.00701. The molecule has 0 saturated heterocycles. The first kappa shape index (κ1) is 25.4. The highest BCUT2D eigenvalue weighted by Crippen LogP contribution is 2.31. The molecule has 0 unspecified atom stereocenters. The maximum Gasteiger partial charge on any atom is 0.228 e. The number of fused-ring (bicyclic) bond motifs is 1. The highest BCUT2D eigenvalue weighted by atomic mass is 35.5. The highest BCUT2D eigenvalue weighted by Gasteiger charge is 2.29. The average Bonchev–Trinajstić information content (AvgIpc) is 3.78. The van der Waals surface area contributed by atoms with Crippen LogP contribution in [0.1, 0.15) is 35.4 Å². The fourth-order valence-corrected chi connectivity index (χ4v) is 4.00. The number of ether oxygens (including phenoxy) is 2. The molecule has 1 aliphatic carbocycles. The number of amides is 1. The lowest BCUT2D eigenvalue weighted by Crippen LogP contribution is -2.14. The minimum atomic E-state index is -0.00701. The van der Waals surface area contributed by atoms with E-state index in [9.17, 15) is 4.79 Å². The van der Waals surface area contributed by atoms with Crippen LogP contribution in [0.2, 0.25) is 5.15 Å². The van der Waals surface area contributed by atoms with E-state index in [0.29, 0.717) is 33.8 Å². The average molecular weight is 529 g/mol. The number of halogens is 1. The van der Waals surface area contributed by atoms with Gasteiger partial charge in [-0.25, -0.2) is 19.9 Å². The van der Waals surface area contributed by atoms with Gasteiger partial charge in [0, 0.05) is 41.7 Å². The molecule has 1 fully saturated rings. The number of carbonyl (C=O) groups is 1. The Bertz CT molecular complexity index is 1560. The molecular formula is C28H25ClN6O3. The number of nitrogens with one attached hydrogen (secondary N) is 2. The summed E-state index contributed by atoms with van der Waals surface area (Å²) in [4.78, 5) is 29.9. The van der Waals surface area contributed by atoms with Crippen molar-refractivity contribution in [1.29, 1.82) is 0 Å². The Balaban J connectivity index is 1.44. The quantitative estimate of drug-likeness (QED) is 0.252. The van der Waals surface area contributed by atoms with Crippen LogP contribution in [0, 0.1) is 17.8 Å². The Hall–Kier alpha value is -4.26. The van der Waals surface area contributed by atoms with Crippen LogP contribution in [0.4, 0.5) is 11.6 Å². The molecule has 4 heterocycles. The molecule has 1 aliphatic rings. The first-order valence-corrected chi connectivity index (χ1v) is 12.4. The van der Waals surface area contributed by atoms with Gasteiger partial charge in [0.1, 0.15) is 28.2 Å². The third-order valence-electron chi connectivity index (χ3n) is 5.98. The standard InChI is InChI=1S/C28H25ClN6O3/c1-30-27-23-14-32-26(35-28(36)17-6-7-17)11-22(23)18(12-33-27)8-9-24-19(10-21(37-2)13-31-24)15-38-16-20-4-3-5-25(29)34-20/h3-5,10-14,17H,6-7,15-16H2,1-2H3,(H,30,33)(H,32,35,36). The molecule has 192 valence electrons. The van der Waals surface area contributed by atoms with Gasteiger partial charge in [0.25, 0.3) is 0 Å². The van der Waals surface area contributed by atoms with Crippen LogP contribution in [-0.2, 0) is 22.7 Å². The maximum atomic E-state index is 12.3. The molecule has 4 aromatic rings. The molecule has 0 aromatic carbocycles. The monoisotopic (exact) mass is 528 g/mol. The summed E-state index contributed by atoms with van der Waals surface area (Å²) >= 11 is 5.97. The third kappa shape index (κ3) is 5.99. The van der Waals surface area contributed by atoms with Gasteiger partial charge in [-0.1, -0.05) is 23.6 Å². The second-order valence-electron chi connectivity index (χ2n) is 8.73. The SMILES string of the molecule is CNc1ncc(C#Cc2ncc(OC)cc2COCc2cccc(Cl)n2)c2cc(NC(=O)C3CC3)ncc12. The van der Waals surface area contributed by atoms with Gasteiger partial charge in [-0.05, 0) is 43.0 Å². The van der Waals surface area contributed by atoms with Gasteiger partial charge in [0.15, 0.2) is 0 Å². The summed E-state index contributed by atoms with van der Waals surface area (Å²) in [5.74, 6) is 8.17. The zero-order chi connectivity index (χ0) is 26.5. The van der Waals surface area contributed by atoms with Gasteiger partial charge in [0.05, 0.1) is 37.8 Å². The van der Waals surface area contributed by atoms with Gasteiger partial charge in [0.2, 0.25) is 5.91 Å². The smallest absolute Gasteiger partial charge is 0.228 e. The predicted octanol–water partition coefficient (Wildman–Crippen LogP) is 4.59. The second kappa shape index (κ2) is 11.4. The van der Waals surface area contributed by atoms with Crippen LogP contribution in [0.25, 0.3) is 10.8 Å². The Morgan fingerprint density at radius 2 is 1.95 bits per heavy atom. The molecular weight excluding hydrogens is 504 g/mol. The van der Waals surface area contributed by atoms with Crippen molar-refractivity contribution in [1.82, 2.24) is 19.9 Å². The zero-order valence-corrected chi connectivity index (χ0v) is 21.7. The highest BCUT2D eigenvalue weighted by molar-refractivity contribution is 6.29. The normalized spacial score (nSPS) is 12.5. The van der Waals surface area contributed by atoms with Crippen LogP contribution in [0.15, 0.2) is 48.9 Å². The topological polar surface area (TPSA) is 111 Å². The Labute approximate surface area is 225 Å². The van der Waals surface area contributed by atoms with Crippen LogP contribution in [0.5, 0.6) is 5.75 Å². The number of hydrogen-bond donors (Lipinski definition) is 2. The van der Waals surface area contributed by atoms with Crippen molar-refractivity contribution in [3.63, 3.8) is 0 Å². The summed E-state index contributed by atoms with van der Waals surface area (Å²) in [6.45, 7) is 0.536. The van der Waals surface area contributed by atoms with Gasteiger partial charge < -0.3 is 20.1 Å². The number of hydrogen-bond acceptors (Lipinski definition) is 8. The van der Waals surface area contributed by atoms with Crippen LogP contribution >= 0.6 is 11.6 Å². The molecule has 5 rings (SSSR count). The molecule has 9 nitrogen and oxygen atoms in total. The van der Waals surface area contributed by atoms with Crippen LogP contribution in [0.3, 0.4) is 0 Å². The number of rotatable bonds is 8. The summed E-state index contributed by atoms with van der Waals surface area (Å²) in [6.07, 6.45) is 6.83. The van der Waals surface area contributed by atoms with E-state index in [4.69, 9.17) is 21.1 Å². The minimum Gasteiger partial charge on any atom is -0.495 e. The molecule has 1 amide bonds. The lowest BCUT2D eigenvalue weighted by Gasteiger charge is -2.10. The molecule has 0 bridgehead atoms. The fraction of sp³-hybridized carbons (Fsp3) is 0.250. The molecule has 1 saturated carbocycles. The van der Waals surface area contributed by atoms with Crippen molar-refractivity contribution in [3.8, 4) is 17.6 Å². The van der Waals surface area contributed by atoms with E-state index in [1.165, 1.54) is 0 Å². The van der Waals surface area contributed by atoms with Crippen molar-refractivity contribution in [2.45, 2.75) is 26.1 Å². The summed E-state index contributed by atoms with van der Waals surface area (Å²) in [5.41, 5.74) is 2.71. The molecule has 0 radical (unpaired) electrons. The van der Waals surface area contributed by atoms with Crippen LogP contribution < -0.4 is 15.4 Å². The number of nitrogens with zero attached hydrogens (tertiary/aromatic N) is 4. The van der Waals surface area contributed by atoms with Crippen molar-refractivity contribution < 1.29 is 14.3 Å². The largest absolute Gasteiger partial charge is 0.495 e. The predicted molar refractivity (Wildman–Crippen MR) is 145 cm³/mol. The summed E-state index contributed by atoms with van der Waals surface area (Å²) in [5, 5.41) is 8.00. The van der Waals surface area contributed by atoms with E-state index < -0.39 is 0 Å². The van der Waals surface area contributed by atoms with Crippen molar-refractivity contribution in [2.24, 2.45) is 5.92 Å². The lowest BCUT2D eigenvalue weighted by molar-refractivity contribution is -0.117. The molecule has 4 aromatic heterocycles. The first-order chi connectivity index (χ1) is 18.5. The third-order valence-corrected chi connectivity index (χ3v) is 6.19. The number of carbonyl (C=O) groups excluding carboxylic acids is 1. The maximum absolute atomic E-state index is 12.3. The number of methoxy groups -OCH3 is 1. The fourth-order valence-electron chi connectivity index (χ4n) is 3.82. The van der Waals surface area contributed by atoms with Gasteiger partial charge >= 0.3 is 0 Å². The van der Waals surface area contributed by atoms with E-state index in [0.717, 1.165) is 34.9 Å². The molecule has 0 spiro atoms. The van der Waals surface area contributed by atoms with Gasteiger partial charge in [-0.3, -0.25) is 4.79 Å². The Morgan fingerprint density at radius 1 is 1.08 bits per heavy atom. The number of aromatic nitrogens is 4. The number of pyridine rings is 4. The Morgan fingerprint density at radius 3 is 2.71 bits per heavy atom. The van der Waals surface area contributed by atoms with Gasteiger partial charge in [-0.2, -0.15) is 0 Å². The number of anilines is 2. The summed E-state index contributed by atoms with van der Waals surface area (Å²) in [7, 11) is 3.38. The first-order valence-electron chi connectivity index (χ1n) is 12.1. The van der Waals surface area contributed by atoms with E-state index in [2.05, 4.69) is 42.4 Å². The van der Waals surface area contributed by atoms with E-state index in [1.807, 2.05) is 24.3 Å². The summed E-state index contributed by atoms with van der Waals surface area (Å²) < 4.78 is 11.2. The van der Waals surface area contributed by atoms with Gasteiger partial charge in [-0.15, -0.1) is 0 Å². The second-order valence-corrected chi connectivity index (χ2v) is 9.11. The summed E-state index contributed by atoms with van der Waals surface area (Å²) in [6, 6.07) is 9.06. The molecule has 38 heavy (non-hydrogen) atoms. The van der Waals surface area contributed by atoms with Crippen molar-refractivity contribution >= 4 is 39.9 Å². The molecule has 10 heteroatoms. The molecule has 0 atom stereocenters. The van der Waals surface area contributed by atoms with E-state index in [-0.39, 0.29) is 25.0 Å². The van der Waals surface area contributed by atoms with Crippen LogP contribution in [-0.4, -0.2) is 40.0 Å². The van der Waals surface area contributed by atoms with E-state index in [1.54, 1.807) is 38.8 Å². The zero-order valence-electron chi connectivity index (χ0n) is 20.9. The Kier molecular flexibility index (Phi) is 7.63. The molecule has 0 aliphatic heterocycles. The van der Waals surface area contributed by atoms with E-state index >= 15 is 0 Å². The van der Waals surface area contributed by atoms with Crippen molar-refractivity contribution in [3.05, 3.63) is 76.6 Å². The lowest BCUT2D eigenvalue weighted by atomic mass is 10.1. The molecule has 2 N–H and O–H groups in total.